The van der Waals surface area contributed by atoms with E-state index < -0.39 is 0 Å². The van der Waals surface area contributed by atoms with Gasteiger partial charge in [0.2, 0.25) is 0 Å². The zero-order chi connectivity index (χ0) is 19.2. The van der Waals surface area contributed by atoms with Gasteiger partial charge in [0.05, 0.1) is 13.2 Å². The summed E-state index contributed by atoms with van der Waals surface area (Å²) in [6, 6.07) is 14.4. The summed E-state index contributed by atoms with van der Waals surface area (Å²) in [5.41, 5.74) is 4.17. The number of nitrogens with zero attached hydrogens (tertiary/aromatic N) is 1. The highest BCUT2D eigenvalue weighted by molar-refractivity contribution is 5.95. The van der Waals surface area contributed by atoms with Gasteiger partial charge in [-0.3, -0.25) is 9.69 Å². The summed E-state index contributed by atoms with van der Waals surface area (Å²) in [4.78, 5) is 15.2. The molecule has 0 unspecified atom stereocenters. The smallest absolute Gasteiger partial charge is 0.251 e. The first kappa shape index (κ1) is 19.4. The molecule has 1 aliphatic heterocycles. The van der Waals surface area contributed by atoms with Crippen molar-refractivity contribution >= 4 is 5.91 Å². The van der Waals surface area contributed by atoms with Gasteiger partial charge in [0, 0.05) is 12.1 Å². The lowest BCUT2D eigenvalue weighted by atomic mass is 10.0. The minimum Gasteiger partial charge on any atom is -0.497 e. The van der Waals surface area contributed by atoms with E-state index in [1.165, 1.54) is 30.4 Å². The maximum Gasteiger partial charge on any atom is 0.251 e. The molecule has 1 N–H and O–H groups in total. The first-order valence-corrected chi connectivity index (χ1v) is 9.82. The van der Waals surface area contributed by atoms with Gasteiger partial charge in [-0.05, 0) is 69.1 Å². The minimum atomic E-state index is 0.00280. The van der Waals surface area contributed by atoms with Gasteiger partial charge in [0.25, 0.3) is 5.91 Å². The van der Waals surface area contributed by atoms with E-state index in [1.54, 1.807) is 7.11 Å². The fourth-order valence-electron chi connectivity index (χ4n) is 3.87. The number of likely N-dealkylation sites (tertiary alicyclic amines) is 1. The number of aryl methyl sites for hydroxylation is 2. The number of carbonyl (C=O) groups is 1. The number of carbonyl (C=O) groups excluding carboxylic acids is 1. The van der Waals surface area contributed by atoms with Crippen LogP contribution < -0.4 is 10.1 Å². The van der Waals surface area contributed by atoms with Crippen LogP contribution in [0.5, 0.6) is 5.75 Å². The highest BCUT2D eigenvalue weighted by Crippen LogP contribution is 2.26. The van der Waals surface area contributed by atoms with E-state index in [0.717, 1.165) is 30.0 Å². The van der Waals surface area contributed by atoms with Crippen molar-refractivity contribution in [3.63, 3.8) is 0 Å². The van der Waals surface area contributed by atoms with Crippen molar-refractivity contribution in [3.05, 3.63) is 64.7 Å². The molecule has 0 aromatic heterocycles. The Kier molecular flexibility index (Phi) is 6.51. The predicted octanol–water partition coefficient (Wildman–Crippen LogP) is 4.27. The van der Waals surface area contributed by atoms with Crippen molar-refractivity contribution in [3.8, 4) is 5.75 Å². The van der Waals surface area contributed by atoms with Crippen LogP contribution in [0.1, 0.15) is 52.4 Å². The average Bonchev–Trinajstić information content (AvgIpc) is 2.69. The maximum absolute atomic E-state index is 12.7. The standard InChI is InChI=1S/C23H30N2O2/c1-17-7-12-21(18(2)15-17)23(26)24-16-22(25-13-5-4-6-14-25)19-8-10-20(27-3)11-9-19/h7-12,15,22H,4-6,13-14,16H2,1-3H3,(H,24,26)/t22-/m1/s1. The second-order valence-electron chi connectivity index (χ2n) is 7.41. The van der Waals surface area contributed by atoms with Crippen LogP contribution in [0, 0.1) is 13.8 Å². The molecule has 0 aliphatic carbocycles. The Hall–Kier alpha value is -2.33. The Morgan fingerprint density at radius 2 is 1.78 bits per heavy atom. The molecule has 4 nitrogen and oxygen atoms in total. The lowest BCUT2D eigenvalue weighted by Gasteiger charge is -2.35. The van der Waals surface area contributed by atoms with Gasteiger partial charge in [-0.25, -0.2) is 0 Å². The lowest BCUT2D eigenvalue weighted by molar-refractivity contribution is 0.0924. The molecule has 3 rings (SSSR count). The highest BCUT2D eigenvalue weighted by Gasteiger charge is 2.23. The van der Waals surface area contributed by atoms with E-state index in [4.69, 9.17) is 4.74 Å². The number of methoxy groups -OCH3 is 1. The molecule has 1 amide bonds. The van der Waals surface area contributed by atoms with Crippen LogP contribution in [0.2, 0.25) is 0 Å². The topological polar surface area (TPSA) is 41.6 Å². The van der Waals surface area contributed by atoms with E-state index in [9.17, 15) is 4.79 Å². The highest BCUT2D eigenvalue weighted by atomic mass is 16.5. The molecule has 4 heteroatoms. The molecule has 1 atom stereocenters. The summed E-state index contributed by atoms with van der Waals surface area (Å²) in [5, 5.41) is 3.17. The fourth-order valence-corrected chi connectivity index (χ4v) is 3.87. The first-order chi connectivity index (χ1) is 13.1. The van der Waals surface area contributed by atoms with Crippen molar-refractivity contribution in [2.24, 2.45) is 0 Å². The van der Waals surface area contributed by atoms with E-state index in [2.05, 4.69) is 28.4 Å². The SMILES string of the molecule is COc1ccc([C@@H](CNC(=O)c2ccc(C)cc2C)N2CCCCC2)cc1. The summed E-state index contributed by atoms with van der Waals surface area (Å²) >= 11 is 0. The van der Waals surface area contributed by atoms with E-state index >= 15 is 0 Å². The third-order valence-corrected chi connectivity index (χ3v) is 5.41. The molecular formula is C23H30N2O2. The minimum absolute atomic E-state index is 0.00280. The van der Waals surface area contributed by atoms with Crippen molar-refractivity contribution in [1.29, 1.82) is 0 Å². The van der Waals surface area contributed by atoms with Gasteiger partial charge < -0.3 is 10.1 Å². The van der Waals surface area contributed by atoms with Gasteiger partial charge >= 0.3 is 0 Å². The van der Waals surface area contributed by atoms with Crippen LogP contribution in [0.25, 0.3) is 0 Å². The van der Waals surface area contributed by atoms with Gasteiger partial charge in [-0.2, -0.15) is 0 Å². The summed E-state index contributed by atoms with van der Waals surface area (Å²) in [7, 11) is 1.68. The Balaban J connectivity index is 1.75. The Morgan fingerprint density at radius 3 is 2.41 bits per heavy atom. The quantitative estimate of drug-likeness (QED) is 0.830. The van der Waals surface area contributed by atoms with Gasteiger partial charge in [-0.15, -0.1) is 0 Å². The zero-order valence-electron chi connectivity index (χ0n) is 16.6. The Labute approximate surface area is 162 Å². The molecule has 0 radical (unpaired) electrons. The molecule has 1 saturated heterocycles. The van der Waals surface area contributed by atoms with Crippen molar-refractivity contribution in [2.45, 2.75) is 39.2 Å². The van der Waals surface area contributed by atoms with Crippen molar-refractivity contribution in [1.82, 2.24) is 10.2 Å². The summed E-state index contributed by atoms with van der Waals surface area (Å²) in [5.74, 6) is 0.860. The number of ether oxygens (including phenoxy) is 1. The number of hydrogen-bond acceptors (Lipinski definition) is 3. The predicted molar refractivity (Wildman–Crippen MR) is 109 cm³/mol. The number of nitrogens with one attached hydrogen (secondary N) is 1. The first-order valence-electron chi connectivity index (χ1n) is 9.82. The van der Waals surface area contributed by atoms with Crippen molar-refractivity contribution in [2.75, 3.05) is 26.7 Å². The van der Waals surface area contributed by atoms with E-state index in [0.29, 0.717) is 6.54 Å². The lowest BCUT2D eigenvalue weighted by Crippen LogP contribution is -2.40. The molecule has 1 fully saturated rings. The molecule has 0 bridgehead atoms. The van der Waals surface area contributed by atoms with Gasteiger partial charge in [0.15, 0.2) is 0 Å². The van der Waals surface area contributed by atoms with E-state index in [-0.39, 0.29) is 11.9 Å². The Bertz CT molecular complexity index is 764. The number of piperidine rings is 1. The van der Waals surface area contributed by atoms with Crippen LogP contribution in [0.4, 0.5) is 0 Å². The molecule has 0 saturated carbocycles. The van der Waals surface area contributed by atoms with Crippen LogP contribution >= 0.6 is 0 Å². The fraction of sp³-hybridized carbons (Fsp3) is 0.435. The molecule has 144 valence electrons. The molecule has 1 aliphatic rings. The molecule has 27 heavy (non-hydrogen) atoms. The third kappa shape index (κ3) is 4.89. The number of benzene rings is 2. The molecular weight excluding hydrogens is 336 g/mol. The third-order valence-electron chi connectivity index (χ3n) is 5.41. The summed E-state index contributed by atoms with van der Waals surface area (Å²) in [6.45, 7) is 6.81. The molecule has 0 spiro atoms. The maximum atomic E-state index is 12.7. The normalized spacial score (nSPS) is 16.0. The second kappa shape index (κ2) is 9.05. The van der Waals surface area contributed by atoms with Crippen LogP contribution in [-0.4, -0.2) is 37.6 Å². The zero-order valence-corrected chi connectivity index (χ0v) is 16.6. The monoisotopic (exact) mass is 366 g/mol. The largest absolute Gasteiger partial charge is 0.497 e. The molecule has 2 aromatic carbocycles. The number of rotatable bonds is 6. The number of hydrogen-bond donors (Lipinski definition) is 1. The van der Waals surface area contributed by atoms with Gasteiger partial charge in [-0.1, -0.05) is 36.2 Å². The summed E-state index contributed by atoms with van der Waals surface area (Å²) in [6.07, 6.45) is 3.73. The van der Waals surface area contributed by atoms with Gasteiger partial charge in [0.1, 0.15) is 5.75 Å². The van der Waals surface area contributed by atoms with Crippen LogP contribution in [0.3, 0.4) is 0 Å². The van der Waals surface area contributed by atoms with Crippen LogP contribution in [0.15, 0.2) is 42.5 Å². The molecule has 1 heterocycles. The average molecular weight is 367 g/mol. The van der Waals surface area contributed by atoms with Crippen molar-refractivity contribution < 1.29 is 9.53 Å². The van der Waals surface area contributed by atoms with E-state index in [1.807, 2.05) is 38.1 Å². The van der Waals surface area contributed by atoms with Crippen LogP contribution in [-0.2, 0) is 0 Å². The Morgan fingerprint density at radius 1 is 1.07 bits per heavy atom. The number of amides is 1. The summed E-state index contributed by atoms with van der Waals surface area (Å²) < 4.78 is 5.29. The second-order valence-corrected chi connectivity index (χ2v) is 7.41. The molecule has 2 aromatic rings.